The Balaban J connectivity index is 2.39. The van der Waals surface area contributed by atoms with Crippen LogP contribution in [0.1, 0.15) is 26.3 Å². The van der Waals surface area contributed by atoms with Gasteiger partial charge in [0, 0.05) is 0 Å². The van der Waals surface area contributed by atoms with E-state index in [-0.39, 0.29) is 5.41 Å². The van der Waals surface area contributed by atoms with Gasteiger partial charge in [0.15, 0.2) is 0 Å². The molecule has 0 saturated heterocycles. The van der Waals surface area contributed by atoms with Gasteiger partial charge in [-0.15, -0.1) is 0 Å². The summed E-state index contributed by atoms with van der Waals surface area (Å²) in [4.78, 5) is 7.23. The van der Waals surface area contributed by atoms with Crippen molar-refractivity contribution in [3.63, 3.8) is 0 Å². The van der Waals surface area contributed by atoms with Gasteiger partial charge in [0.25, 0.3) is 0 Å². The van der Waals surface area contributed by atoms with Crippen LogP contribution >= 0.6 is 12.2 Å². The molecule has 0 unspecified atom stereocenters. The molecule has 0 aliphatic heterocycles. The van der Waals surface area contributed by atoms with E-state index in [1.54, 1.807) is 12.4 Å². The number of nitrogens with one attached hydrogen (secondary N) is 1. The minimum Gasteiger partial charge on any atom is -0.344 e. The van der Waals surface area contributed by atoms with Crippen molar-refractivity contribution in [2.24, 2.45) is 0 Å². The molecule has 0 aliphatic rings. The van der Waals surface area contributed by atoms with Gasteiger partial charge in [-0.25, -0.2) is 0 Å². The average molecular weight is 244 g/mol. The van der Waals surface area contributed by atoms with Crippen molar-refractivity contribution in [1.29, 1.82) is 0 Å². The highest BCUT2D eigenvalue weighted by Gasteiger charge is 2.12. The minimum atomic E-state index is 0.181. The number of benzene rings is 1. The summed E-state index contributed by atoms with van der Waals surface area (Å²) >= 11 is 5.07. The second-order valence-corrected chi connectivity index (χ2v) is 5.58. The first-order chi connectivity index (χ1) is 7.97. The molecule has 0 spiro atoms. The molecular weight excluding hydrogens is 228 g/mol. The number of aromatic amines is 1. The maximum atomic E-state index is 5.07. The van der Waals surface area contributed by atoms with E-state index in [2.05, 4.69) is 55.0 Å². The summed E-state index contributed by atoms with van der Waals surface area (Å²) in [5, 5.41) is 0. The normalized spacial score (nSPS) is 11.5. The summed E-state index contributed by atoms with van der Waals surface area (Å²) in [6, 6.07) is 8.50. The van der Waals surface area contributed by atoms with Crippen molar-refractivity contribution in [1.82, 2.24) is 9.97 Å². The van der Waals surface area contributed by atoms with E-state index in [0.29, 0.717) is 4.64 Å². The first-order valence-electron chi connectivity index (χ1n) is 5.62. The first-order valence-corrected chi connectivity index (χ1v) is 6.03. The Morgan fingerprint density at radius 2 is 1.71 bits per heavy atom. The number of rotatable bonds is 1. The van der Waals surface area contributed by atoms with E-state index in [1.165, 1.54) is 5.56 Å². The van der Waals surface area contributed by atoms with Crippen LogP contribution in [0.15, 0.2) is 36.7 Å². The molecule has 0 amide bonds. The topological polar surface area (TPSA) is 28.7 Å². The van der Waals surface area contributed by atoms with E-state index in [9.17, 15) is 0 Å². The van der Waals surface area contributed by atoms with Crippen molar-refractivity contribution in [2.75, 3.05) is 0 Å². The van der Waals surface area contributed by atoms with Crippen molar-refractivity contribution in [3.8, 4) is 11.3 Å². The summed E-state index contributed by atoms with van der Waals surface area (Å²) in [7, 11) is 0. The Labute approximate surface area is 107 Å². The van der Waals surface area contributed by atoms with Crippen LogP contribution in [0.5, 0.6) is 0 Å². The highest BCUT2D eigenvalue weighted by molar-refractivity contribution is 7.71. The van der Waals surface area contributed by atoms with Gasteiger partial charge in [-0.2, -0.15) is 0 Å². The number of hydrogen-bond acceptors (Lipinski definition) is 2. The van der Waals surface area contributed by atoms with E-state index in [0.717, 1.165) is 11.3 Å². The molecule has 0 saturated carbocycles. The number of H-pyrrole nitrogens is 1. The fraction of sp³-hybridized carbons (Fsp3) is 0.286. The number of aromatic nitrogens is 2. The van der Waals surface area contributed by atoms with E-state index in [1.807, 2.05) is 0 Å². The van der Waals surface area contributed by atoms with Gasteiger partial charge < -0.3 is 4.98 Å². The third-order valence-corrected chi connectivity index (χ3v) is 2.92. The lowest BCUT2D eigenvalue weighted by Crippen LogP contribution is -2.10. The molecule has 0 atom stereocenters. The maximum Gasteiger partial charge on any atom is 0.122 e. The van der Waals surface area contributed by atoms with Crippen molar-refractivity contribution in [3.05, 3.63) is 46.9 Å². The zero-order valence-corrected chi connectivity index (χ0v) is 11.1. The summed E-state index contributed by atoms with van der Waals surface area (Å²) in [6.45, 7) is 6.62. The van der Waals surface area contributed by atoms with Gasteiger partial charge in [-0.1, -0.05) is 57.3 Å². The predicted molar refractivity (Wildman–Crippen MR) is 73.6 cm³/mol. The van der Waals surface area contributed by atoms with Crippen LogP contribution in [-0.4, -0.2) is 9.97 Å². The van der Waals surface area contributed by atoms with Gasteiger partial charge in [-0.05, 0) is 16.5 Å². The van der Waals surface area contributed by atoms with Gasteiger partial charge in [0.1, 0.15) is 4.64 Å². The molecule has 2 nitrogen and oxygen atoms in total. The molecule has 0 radical (unpaired) electrons. The lowest BCUT2D eigenvalue weighted by atomic mass is 9.86. The summed E-state index contributed by atoms with van der Waals surface area (Å²) < 4.78 is 0.655. The fourth-order valence-corrected chi connectivity index (χ4v) is 1.84. The quantitative estimate of drug-likeness (QED) is 0.765. The van der Waals surface area contributed by atoms with Gasteiger partial charge in [-0.3, -0.25) is 4.98 Å². The Bertz CT molecular complexity index is 562. The van der Waals surface area contributed by atoms with Gasteiger partial charge >= 0.3 is 0 Å². The fourth-order valence-electron chi connectivity index (χ4n) is 1.67. The highest BCUT2D eigenvalue weighted by atomic mass is 32.1. The monoisotopic (exact) mass is 244 g/mol. The van der Waals surface area contributed by atoms with Crippen LogP contribution in [0.2, 0.25) is 0 Å². The van der Waals surface area contributed by atoms with Crippen LogP contribution in [-0.2, 0) is 5.41 Å². The van der Waals surface area contributed by atoms with Gasteiger partial charge in [0.2, 0.25) is 0 Å². The lowest BCUT2D eigenvalue weighted by Gasteiger charge is -2.19. The maximum absolute atomic E-state index is 5.07. The molecule has 88 valence electrons. The Morgan fingerprint density at radius 3 is 2.24 bits per heavy atom. The summed E-state index contributed by atoms with van der Waals surface area (Å²) in [6.07, 6.45) is 3.43. The zero-order valence-electron chi connectivity index (χ0n) is 10.3. The van der Waals surface area contributed by atoms with E-state index in [4.69, 9.17) is 12.2 Å². The van der Waals surface area contributed by atoms with Crippen LogP contribution in [0.4, 0.5) is 0 Å². The van der Waals surface area contributed by atoms with Crippen LogP contribution in [0.25, 0.3) is 11.3 Å². The summed E-state index contributed by atoms with van der Waals surface area (Å²) in [5.41, 5.74) is 3.57. The highest BCUT2D eigenvalue weighted by Crippen LogP contribution is 2.24. The average Bonchev–Trinajstić information content (AvgIpc) is 2.28. The Hall–Kier alpha value is -1.48. The minimum absolute atomic E-state index is 0.181. The van der Waals surface area contributed by atoms with Gasteiger partial charge in [0.05, 0.1) is 18.1 Å². The molecule has 2 rings (SSSR count). The second kappa shape index (κ2) is 4.41. The van der Waals surface area contributed by atoms with E-state index < -0.39 is 0 Å². The molecular formula is C14H16N2S. The molecule has 0 bridgehead atoms. The molecule has 1 heterocycles. The SMILES string of the molecule is CC(C)(C)c1ccc(-c2cncc(=S)[nH]2)cc1. The molecule has 1 aromatic heterocycles. The second-order valence-electron chi connectivity index (χ2n) is 5.14. The number of nitrogens with zero attached hydrogens (tertiary/aromatic N) is 1. The summed E-state index contributed by atoms with van der Waals surface area (Å²) in [5.74, 6) is 0. The third kappa shape index (κ3) is 2.80. The molecule has 1 N–H and O–H groups in total. The van der Waals surface area contributed by atoms with Crippen molar-refractivity contribution in [2.45, 2.75) is 26.2 Å². The molecule has 0 aliphatic carbocycles. The lowest BCUT2D eigenvalue weighted by molar-refractivity contribution is 0.590. The molecule has 0 fully saturated rings. The molecule has 17 heavy (non-hydrogen) atoms. The first kappa shape index (κ1) is 12.0. The third-order valence-electron chi connectivity index (χ3n) is 2.72. The van der Waals surface area contributed by atoms with E-state index >= 15 is 0 Å². The molecule has 2 aromatic rings. The predicted octanol–water partition coefficient (Wildman–Crippen LogP) is 4.10. The number of hydrogen-bond donors (Lipinski definition) is 1. The smallest absolute Gasteiger partial charge is 0.122 e. The molecule has 3 heteroatoms. The van der Waals surface area contributed by atoms with Crippen LogP contribution in [0, 0.1) is 4.64 Å². The zero-order chi connectivity index (χ0) is 12.5. The Kier molecular flexibility index (Phi) is 3.11. The van der Waals surface area contributed by atoms with Crippen LogP contribution < -0.4 is 0 Å². The largest absolute Gasteiger partial charge is 0.344 e. The Morgan fingerprint density at radius 1 is 1.06 bits per heavy atom. The van der Waals surface area contributed by atoms with Crippen molar-refractivity contribution < 1.29 is 0 Å². The van der Waals surface area contributed by atoms with Crippen LogP contribution in [0.3, 0.4) is 0 Å². The van der Waals surface area contributed by atoms with Crippen molar-refractivity contribution >= 4 is 12.2 Å². The molecule has 1 aromatic carbocycles. The standard InChI is InChI=1S/C14H16N2S/c1-14(2,3)11-6-4-10(5-7-11)12-8-15-9-13(17)16-12/h4-9H,1-3H3,(H,16,17).